The van der Waals surface area contributed by atoms with Gasteiger partial charge in [0.1, 0.15) is 6.04 Å². The molecule has 0 radical (unpaired) electrons. The Kier molecular flexibility index (Phi) is 6.58. The van der Waals surface area contributed by atoms with Gasteiger partial charge < -0.3 is 26.2 Å². The van der Waals surface area contributed by atoms with E-state index in [-0.39, 0.29) is 19.4 Å². The second kappa shape index (κ2) is 7.12. The highest BCUT2D eigenvalue weighted by Crippen LogP contribution is 1.98. The summed E-state index contributed by atoms with van der Waals surface area (Å²) in [6, 6.07) is -1.07. The molecule has 7 N–H and O–H groups in total. The summed E-state index contributed by atoms with van der Waals surface area (Å²) in [5.74, 6) is -2.62. The minimum Gasteiger partial charge on any atom is -0.480 e. The first kappa shape index (κ1) is 14.8. The van der Waals surface area contributed by atoms with Gasteiger partial charge in [0.05, 0.1) is 6.17 Å². The molecule has 0 heterocycles. The number of aliphatic carboxylic acids is 2. The molecule has 0 spiro atoms. The molecular weight excluding hydrogens is 220 g/mol. The first-order valence-corrected chi connectivity index (χ1v) is 4.64. The van der Waals surface area contributed by atoms with Gasteiger partial charge in [0.15, 0.2) is 6.10 Å². The zero-order valence-corrected chi connectivity index (χ0v) is 8.54. The van der Waals surface area contributed by atoms with Gasteiger partial charge in [-0.1, -0.05) is 0 Å². The summed E-state index contributed by atoms with van der Waals surface area (Å²) < 4.78 is 0. The van der Waals surface area contributed by atoms with Gasteiger partial charge in [-0.15, -0.1) is 0 Å². The molecule has 3 atom stereocenters. The maximum absolute atomic E-state index is 10.6. The first-order chi connectivity index (χ1) is 7.38. The fraction of sp³-hybridized carbons (Fsp3) is 0.750. The first-order valence-electron chi connectivity index (χ1n) is 4.64. The minimum absolute atomic E-state index is 0.0494. The Hall–Kier alpha value is -1.22. The van der Waals surface area contributed by atoms with Crippen LogP contribution in [0.4, 0.5) is 0 Å². The number of carboxylic acid groups (broad SMARTS) is 2. The van der Waals surface area contributed by atoms with Crippen molar-refractivity contribution in [1.29, 1.82) is 0 Å². The van der Waals surface area contributed by atoms with Gasteiger partial charge in [-0.05, 0) is 6.42 Å². The van der Waals surface area contributed by atoms with E-state index in [4.69, 9.17) is 26.2 Å². The monoisotopic (exact) mass is 236 g/mol. The fourth-order valence-electron chi connectivity index (χ4n) is 1.07. The molecule has 0 saturated heterocycles. The van der Waals surface area contributed by atoms with Crippen molar-refractivity contribution in [3.63, 3.8) is 0 Å². The highest BCUT2D eigenvalue weighted by molar-refractivity contribution is 5.73. The van der Waals surface area contributed by atoms with Crippen LogP contribution in [0.2, 0.25) is 0 Å². The van der Waals surface area contributed by atoms with Gasteiger partial charge in [0.25, 0.3) is 0 Å². The largest absolute Gasteiger partial charge is 0.480 e. The topological polar surface area (TPSA) is 153 Å². The molecule has 0 aliphatic rings. The number of aliphatic hydroxyl groups is 2. The summed E-state index contributed by atoms with van der Waals surface area (Å²) >= 11 is 0. The smallest absolute Gasteiger partial charge is 0.332 e. The zero-order chi connectivity index (χ0) is 12.7. The summed E-state index contributed by atoms with van der Waals surface area (Å²) in [6.45, 7) is -0.335. The van der Waals surface area contributed by atoms with Crippen molar-refractivity contribution in [1.82, 2.24) is 5.32 Å². The standard InChI is InChI=1S/C8H16N2O6/c9-6(3-5(12)8(15)16)10-4(1-2-11)7(13)14/h4-6,10-12H,1-3,9H2,(H,13,14)(H,15,16)/t4-,5-,6?/m0/s1. The van der Waals surface area contributed by atoms with Gasteiger partial charge in [-0.3, -0.25) is 10.1 Å². The molecule has 0 aliphatic carbocycles. The number of rotatable bonds is 8. The van der Waals surface area contributed by atoms with Crippen LogP contribution in [0.5, 0.6) is 0 Å². The molecule has 8 heteroatoms. The number of hydrogen-bond acceptors (Lipinski definition) is 6. The lowest BCUT2D eigenvalue weighted by Crippen LogP contribution is -2.50. The lowest BCUT2D eigenvalue weighted by Gasteiger charge is -2.20. The van der Waals surface area contributed by atoms with Gasteiger partial charge in [0.2, 0.25) is 0 Å². The third kappa shape index (κ3) is 5.61. The molecule has 8 nitrogen and oxygen atoms in total. The number of carboxylic acids is 2. The Bertz CT molecular complexity index is 247. The molecule has 0 bridgehead atoms. The number of nitrogens with two attached hydrogens (primary N) is 1. The number of hydrogen-bond donors (Lipinski definition) is 6. The maximum atomic E-state index is 10.6. The molecule has 94 valence electrons. The molecule has 0 saturated carbocycles. The van der Waals surface area contributed by atoms with Crippen molar-refractivity contribution in [3.8, 4) is 0 Å². The van der Waals surface area contributed by atoms with E-state index in [1.54, 1.807) is 0 Å². The van der Waals surface area contributed by atoms with Crippen LogP contribution in [0.15, 0.2) is 0 Å². The Morgan fingerprint density at radius 2 is 1.81 bits per heavy atom. The Labute approximate surface area is 91.7 Å². The van der Waals surface area contributed by atoms with Crippen LogP contribution in [0.3, 0.4) is 0 Å². The van der Waals surface area contributed by atoms with Crippen molar-refractivity contribution in [2.75, 3.05) is 6.61 Å². The lowest BCUT2D eigenvalue weighted by atomic mass is 10.1. The highest BCUT2D eigenvalue weighted by Gasteiger charge is 2.22. The average molecular weight is 236 g/mol. The van der Waals surface area contributed by atoms with Crippen LogP contribution in [0.1, 0.15) is 12.8 Å². The number of carbonyl (C=O) groups is 2. The third-order valence-corrected chi connectivity index (χ3v) is 1.89. The van der Waals surface area contributed by atoms with Crippen LogP contribution < -0.4 is 11.1 Å². The van der Waals surface area contributed by atoms with E-state index in [1.165, 1.54) is 0 Å². The van der Waals surface area contributed by atoms with Crippen LogP contribution in [-0.4, -0.2) is 57.3 Å². The fourth-order valence-corrected chi connectivity index (χ4v) is 1.07. The average Bonchev–Trinajstić information content (AvgIpc) is 2.16. The van der Waals surface area contributed by atoms with Crippen LogP contribution in [0.25, 0.3) is 0 Å². The predicted octanol–water partition coefficient (Wildman–Crippen LogP) is -2.47. The molecule has 0 amide bonds. The van der Waals surface area contributed by atoms with E-state index < -0.39 is 30.3 Å². The van der Waals surface area contributed by atoms with Crippen LogP contribution >= 0.6 is 0 Å². The quantitative estimate of drug-likeness (QED) is 0.253. The van der Waals surface area contributed by atoms with Gasteiger partial charge in [-0.2, -0.15) is 0 Å². The number of aliphatic hydroxyl groups excluding tert-OH is 2. The molecule has 1 unspecified atom stereocenters. The molecule has 0 aromatic carbocycles. The summed E-state index contributed by atoms with van der Waals surface area (Å²) in [7, 11) is 0. The minimum atomic E-state index is -1.65. The van der Waals surface area contributed by atoms with Crippen LogP contribution in [0, 0.1) is 0 Å². The van der Waals surface area contributed by atoms with E-state index >= 15 is 0 Å². The molecule has 16 heavy (non-hydrogen) atoms. The summed E-state index contributed by atoms with van der Waals surface area (Å²) in [5.41, 5.74) is 5.40. The molecule has 0 rings (SSSR count). The Morgan fingerprint density at radius 1 is 1.25 bits per heavy atom. The predicted molar refractivity (Wildman–Crippen MR) is 52.5 cm³/mol. The van der Waals surface area contributed by atoms with E-state index in [0.29, 0.717) is 0 Å². The highest BCUT2D eigenvalue weighted by atomic mass is 16.4. The van der Waals surface area contributed by atoms with Crippen LogP contribution in [-0.2, 0) is 9.59 Å². The lowest BCUT2D eigenvalue weighted by molar-refractivity contribution is -0.147. The molecule has 0 aromatic heterocycles. The second-order valence-corrected chi connectivity index (χ2v) is 3.27. The van der Waals surface area contributed by atoms with E-state index in [1.807, 2.05) is 0 Å². The summed E-state index contributed by atoms with van der Waals surface area (Å²) in [6.07, 6.45) is -2.98. The summed E-state index contributed by atoms with van der Waals surface area (Å²) in [5, 5.41) is 37.0. The Balaban J connectivity index is 4.13. The Morgan fingerprint density at radius 3 is 2.19 bits per heavy atom. The van der Waals surface area contributed by atoms with Crippen molar-refractivity contribution < 1.29 is 30.0 Å². The van der Waals surface area contributed by atoms with Crippen molar-refractivity contribution in [2.45, 2.75) is 31.2 Å². The van der Waals surface area contributed by atoms with E-state index in [0.717, 1.165) is 0 Å². The normalized spacial score (nSPS) is 16.4. The van der Waals surface area contributed by atoms with Gasteiger partial charge in [-0.25, -0.2) is 4.79 Å². The van der Waals surface area contributed by atoms with Crippen molar-refractivity contribution >= 4 is 11.9 Å². The second-order valence-electron chi connectivity index (χ2n) is 3.27. The molecular formula is C8H16N2O6. The summed E-state index contributed by atoms with van der Waals surface area (Å²) in [4.78, 5) is 20.9. The van der Waals surface area contributed by atoms with E-state index in [2.05, 4.69) is 5.32 Å². The zero-order valence-electron chi connectivity index (χ0n) is 8.54. The molecule has 0 aliphatic heterocycles. The number of nitrogens with one attached hydrogen (secondary N) is 1. The molecule has 0 fully saturated rings. The van der Waals surface area contributed by atoms with Crippen molar-refractivity contribution in [3.05, 3.63) is 0 Å². The SMILES string of the molecule is NC(C[C@H](O)C(=O)O)N[C@@H](CCO)C(=O)O. The third-order valence-electron chi connectivity index (χ3n) is 1.89. The van der Waals surface area contributed by atoms with Crippen molar-refractivity contribution in [2.24, 2.45) is 5.73 Å². The van der Waals surface area contributed by atoms with E-state index in [9.17, 15) is 9.59 Å². The maximum Gasteiger partial charge on any atom is 0.332 e. The van der Waals surface area contributed by atoms with Gasteiger partial charge in [0, 0.05) is 13.0 Å². The van der Waals surface area contributed by atoms with Gasteiger partial charge >= 0.3 is 11.9 Å². The molecule has 0 aromatic rings.